The molecule has 5 heteroatoms. The van der Waals surface area contributed by atoms with Crippen LogP contribution in [0.4, 0.5) is 0 Å². The van der Waals surface area contributed by atoms with E-state index in [2.05, 4.69) is 4.98 Å². The third-order valence-corrected chi connectivity index (χ3v) is 3.29. The predicted molar refractivity (Wildman–Crippen MR) is 74.4 cm³/mol. The number of hydrogen-bond acceptors (Lipinski definition) is 3. The van der Waals surface area contributed by atoms with Crippen LogP contribution in [0.15, 0.2) is 18.3 Å². The molecule has 0 aromatic carbocycles. The number of rotatable bonds is 5. The molecule has 4 nitrogen and oxygen atoms in total. The fourth-order valence-electron chi connectivity index (χ4n) is 1.93. The van der Waals surface area contributed by atoms with Crippen molar-refractivity contribution < 1.29 is 4.79 Å². The van der Waals surface area contributed by atoms with Crippen molar-refractivity contribution in [3.05, 3.63) is 29.6 Å². The smallest absolute Gasteiger partial charge is 0.255 e. The average molecular weight is 263 g/mol. The molecule has 1 aromatic rings. The van der Waals surface area contributed by atoms with E-state index in [1.54, 1.807) is 12.3 Å². The van der Waals surface area contributed by atoms with Crippen molar-refractivity contribution in [2.75, 3.05) is 6.54 Å². The molecule has 0 bridgehead atoms. The molecule has 0 unspecified atom stereocenters. The first kappa shape index (κ1) is 13.0. The Morgan fingerprint density at radius 1 is 1.61 bits per heavy atom. The summed E-state index contributed by atoms with van der Waals surface area (Å²) in [5.74, 6) is 0.0411. The third-order valence-electron chi connectivity index (χ3n) is 3.08. The van der Waals surface area contributed by atoms with E-state index in [0.29, 0.717) is 29.6 Å². The van der Waals surface area contributed by atoms with Crippen molar-refractivity contribution in [2.45, 2.75) is 32.2 Å². The Kier molecular flexibility index (Phi) is 3.91. The van der Waals surface area contributed by atoms with Gasteiger partial charge in [-0.2, -0.15) is 0 Å². The van der Waals surface area contributed by atoms with Crippen LogP contribution in [0.1, 0.15) is 35.3 Å². The molecule has 1 aromatic heterocycles. The maximum Gasteiger partial charge on any atom is 0.255 e. The molecule has 2 rings (SSSR count). The summed E-state index contributed by atoms with van der Waals surface area (Å²) in [6.45, 7) is 2.46. The maximum absolute atomic E-state index is 12.5. The zero-order valence-electron chi connectivity index (χ0n) is 10.4. The average Bonchev–Trinajstić information content (AvgIpc) is 3.13. The number of nitrogens with zero attached hydrogens (tertiary/aromatic N) is 2. The van der Waals surface area contributed by atoms with Gasteiger partial charge in [0.1, 0.15) is 0 Å². The molecule has 1 aliphatic rings. The summed E-state index contributed by atoms with van der Waals surface area (Å²) in [7, 11) is 0. The monoisotopic (exact) mass is 263 g/mol. The summed E-state index contributed by atoms with van der Waals surface area (Å²) in [6, 6.07) is 3.96. The van der Waals surface area contributed by atoms with Gasteiger partial charge in [-0.1, -0.05) is 12.2 Å². The molecule has 2 N–H and O–H groups in total. The Bertz CT molecular complexity index is 471. The Morgan fingerprint density at radius 3 is 2.89 bits per heavy atom. The Morgan fingerprint density at radius 2 is 2.33 bits per heavy atom. The molecule has 1 heterocycles. The first-order chi connectivity index (χ1) is 8.59. The number of carbonyl (C=O) groups excluding carboxylic acids is 1. The highest BCUT2D eigenvalue weighted by molar-refractivity contribution is 7.80. The summed E-state index contributed by atoms with van der Waals surface area (Å²) in [5.41, 5.74) is 6.95. The van der Waals surface area contributed by atoms with Crippen LogP contribution in [0, 0.1) is 6.92 Å². The molecule has 1 fully saturated rings. The van der Waals surface area contributed by atoms with E-state index < -0.39 is 0 Å². The highest BCUT2D eigenvalue weighted by atomic mass is 32.1. The van der Waals surface area contributed by atoms with Gasteiger partial charge in [0.05, 0.1) is 10.6 Å². The summed E-state index contributed by atoms with van der Waals surface area (Å²) >= 11 is 4.88. The lowest BCUT2D eigenvalue weighted by atomic mass is 10.1. The van der Waals surface area contributed by atoms with E-state index in [1.807, 2.05) is 17.9 Å². The summed E-state index contributed by atoms with van der Waals surface area (Å²) in [6.07, 6.45) is 4.42. The number of amides is 1. The molecule has 1 amide bonds. The zero-order valence-corrected chi connectivity index (χ0v) is 11.2. The molecule has 96 valence electrons. The molecule has 1 aliphatic carbocycles. The van der Waals surface area contributed by atoms with Crippen LogP contribution < -0.4 is 5.73 Å². The van der Waals surface area contributed by atoms with Crippen LogP contribution in [0.2, 0.25) is 0 Å². The van der Waals surface area contributed by atoms with Crippen LogP contribution in [-0.4, -0.2) is 33.4 Å². The van der Waals surface area contributed by atoms with Crippen LogP contribution >= 0.6 is 12.2 Å². The van der Waals surface area contributed by atoms with Gasteiger partial charge in [-0.05, 0) is 31.9 Å². The fourth-order valence-corrected chi connectivity index (χ4v) is 2.02. The normalized spacial score (nSPS) is 14.3. The number of aryl methyl sites for hydroxylation is 1. The van der Waals surface area contributed by atoms with Gasteiger partial charge in [-0.3, -0.25) is 9.78 Å². The van der Waals surface area contributed by atoms with Gasteiger partial charge in [0.2, 0.25) is 0 Å². The minimum Gasteiger partial charge on any atom is -0.393 e. The Balaban J connectivity index is 2.13. The van der Waals surface area contributed by atoms with E-state index in [9.17, 15) is 4.79 Å². The van der Waals surface area contributed by atoms with Crippen molar-refractivity contribution >= 4 is 23.1 Å². The van der Waals surface area contributed by atoms with Crippen molar-refractivity contribution in [1.82, 2.24) is 9.88 Å². The quantitative estimate of drug-likeness (QED) is 0.821. The minimum atomic E-state index is 0.0411. The lowest BCUT2D eigenvalue weighted by Crippen LogP contribution is -2.36. The largest absolute Gasteiger partial charge is 0.393 e. The van der Waals surface area contributed by atoms with E-state index >= 15 is 0 Å². The van der Waals surface area contributed by atoms with Crippen molar-refractivity contribution in [3.63, 3.8) is 0 Å². The molecule has 0 atom stereocenters. The number of hydrogen-bond donors (Lipinski definition) is 1. The number of carbonyl (C=O) groups is 1. The zero-order chi connectivity index (χ0) is 13.1. The second-order valence-electron chi connectivity index (χ2n) is 4.58. The molecule has 0 radical (unpaired) electrons. The van der Waals surface area contributed by atoms with Gasteiger partial charge in [-0.15, -0.1) is 0 Å². The predicted octanol–water partition coefficient (Wildman–Crippen LogP) is 1.67. The molecule has 0 spiro atoms. The van der Waals surface area contributed by atoms with E-state index in [-0.39, 0.29) is 5.91 Å². The lowest BCUT2D eigenvalue weighted by molar-refractivity contribution is 0.0747. The van der Waals surface area contributed by atoms with E-state index in [1.165, 1.54) is 0 Å². The van der Waals surface area contributed by atoms with E-state index in [0.717, 1.165) is 18.5 Å². The number of aromatic nitrogens is 1. The fraction of sp³-hybridized carbons (Fsp3) is 0.462. The maximum atomic E-state index is 12.5. The van der Waals surface area contributed by atoms with Gasteiger partial charge in [-0.25, -0.2) is 0 Å². The number of pyridine rings is 1. The summed E-state index contributed by atoms with van der Waals surface area (Å²) < 4.78 is 0. The molecule has 18 heavy (non-hydrogen) atoms. The first-order valence-corrected chi connectivity index (χ1v) is 6.51. The van der Waals surface area contributed by atoms with Gasteiger partial charge >= 0.3 is 0 Å². The summed E-state index contributed by atoms with van der Waals surface area (Å²) in [4.78, 5) is 19.0. The van der Waals surface area contributed by atoms with Crippen LogP contribution in [0.3, 0.4) is 0 Å². The van der Waals surface area contributed by atoms with Gasteiger partial charge in [0.25, 0.3) is 5.91 Å². The molecular formula is C13H17N3OS. The standard InChI is InChI=1S/C13H17N3OS/c1-9-11(3-2-7-15-9)13(17)16(10-4-5-10)8-6-12(14)18/h2-3,7,10H,4-6,8H2,1H3,(H2,14,18). The highest BCUT2D eigenvalue weighted by Crippen LogP contribution is 2.28. The Hall–Kier alpha value is -1.49. The number of nitrogens with two attached hydrogens (primary N) is 1. The third kappa shape index (κ3) is 3.04. The summed E-state index contributed by atoms with van der Waals surface area (Å²) in [5, 5.41) is 0. The molecule has 0 aliphatic heterocycles. The highest BCUT2D eigenvalue weighted by Gasteiger charge is 2.33. The van der Waals surface area contributed by atoms with Crippen molar-refractivity contribution in [2.24, 2.45) is 5.73 Å². The number of thiocarbonyl (C=S) groups is 1. The second kappa shape index (κ2) is 5.44. The Labute approximate surface area is 112 Å². The van der Waals surface area contributed by atoms with Gasteiger partial charge in [0.15, 0.2) is 0 Å². The second-order valence-corrected chi connectivity index (χ2v) is 5.11. The lowest BCUT2D eigenvalue weighted by Gasteiger charge is -2.22. The van der Waals surface area contributed by atoms with Crippen molar-refractivity contribution in [3.8, 4) is 0 Å². The minimum absolute atomic E-state index is 0.0411. The van der Waals surface area contributed by atoms with E-state index in [4.69, 9.17) is 18.0 Å². The van der Waals surface area contributed by atoms with Gasteiger partial charge in [0, 0.05) is 30.9 Å². The van der Waals surface area contributed by atoms with Crippen molar-refractivity contribution in [1.29, 1.82) is 0 Å². The molecule has 0 saturated heterocycles. The van der Waals surface area contributed by atoms with Crippen LogP contribution in [0.5, 0.6) is 0 Å². The SMILES string of the molecule is Cc1ncccc1C(=O)N(CCC(N)=S)C1CC1. The van der Waals surface area contributed by atoms with Gasteiger partial charge < -0.3 is 10.6 Å². The molecular weight excluding hydrogens is 246 g/mol. The van der Waals surface area contributed by atoms with Crippen LogP contribution in [-0.2, 0) is 0 Å². The van der Waals surface area contributed by atoms with Crippen LogP contribution in [0.25, 0.3) is 0 Å². The molecule has 1 saturated carbocycles. The topological polar surface area (TPSA) is 59.2 Å². The first-order valence-electron chi connectivity index (χ1n) is 6.10.